The van der Waals surface area contributed by atoms with Crippen molar-refractivity contribution < 1.29 is 0 Å². The molecule has 94 valence electrons. The average Bonchev–Trinajstić information content (AvgIpc) is 3.00. The highest BCUT2D eigenvalue weighted by Gasteiger charge is 2.32. The van der Waals surface area contributed by atoms with Gasteiger partial charge in [-0.25, -0.2) is 0 Å². The van der Waals surface area contributed by atoms with E-state index in [0.717, 1.165) is 13.0 Å². The molecule has 1 aliphatic rings. The van der Waals surface area contributed by atoms with Crippen LogP contribution in [-0.2, 0) is 6.42 Å². The molecule has 1 aliphatic heterocycles. The predicted molar refractivity (Wildman–Crippen MR) is 66.6 cm³/mol. The van der Waals surface area contributed by atoms with E-state index in [9.17, 15) is 0 Å². The predicted octanol–water partition coefficient (Wildman–Crippen LogP) is 0.345. The van der Waals surface area contributed by atoms with Crippen LogP contribution in [0.2, 0.25) is 0 Å². The number of hydrogen-bond donors (Lipinski definition) is 2. The lowest BCUT2D eigenvalue weighted by molar-refractivity contribution is 0.289. The van der Waals surface area contributed by atoms with Gasteiger partial charge in [-0.2, -0.15) is 5.21 Å². The first-order valence-electron chi connectivity index (χ1n) is 6.06. The molecule has 6 nitrogen and oxygen atoms in total. The Kier molecular flexibility index (Phi) is 3.04. The molecule has 0 amide bonds. The van der Waals surface area contributed by atoms with E-state index in [4.69, 9.17) is 0 Å². The molecule has 1 saturated heterocycles. The number of benzene rings is 1. The summed E-state index contributed by atoms with van der Waals surface area (Å²) in [4.78, 5) is 2.21. The normalized spacial score (nSPS) is 24.5. The summed E-state index contributed by atoms with van der Waals surface area (Å²) in [6, 6.07) is 10.9. The Morgan fingerprint density at radius 1 is 1.33 bits per heavy atom. The third-order valence-electron chi connectivity index (χ3n) is 3.27. The third kappa shape index (κ3) is 2.25. The molecule has 1 fully saturated rings. The highest BCUT2D eigenvalue weighted by Crippen LogP contribution is 2.20. The van der Waals surface area contributed by atoms with Gasteiger partial charge in [-0.05, 0) is 19.0 Å². The molecule has 3 rings (SSSR count). The van der Waals surface area contributed by atoms with E-state index in [1.54, 1.807) is 0 Å². The minimum Gasteiger partial charge on any atom is -0.291 e. The van der Waals surface area contributed by atoms with Crippen molar-refractivity contribution in [2.24, 2.45) is 0 Å². The van der Waals surface area contributed by atoms with E-state index >= 15 is 0 Å². The molecule has 2 N–H and O–H groups in total. The van der Waals surface area contributed by atoms with Crippen molar-refractivity contribution in [1.29, 1.82) is 0 Å². The summed E-state index contributed by atoms with van der Waals surface area (Å²) in [5.74, 6) is 0.702. The molecule has 18 heavy (non-hydrogen) atoms. The Morgan fingerprint density at radius 3 is 2.89 bits per heavy atom. The SMILES string of the molecule is CN1CC(Cc2ccccc2)NC1c1nn[nH]n1. The van der Waals surface area contributed by atoms with Gasteiger partial charge in [0.2, 0.25) is 5.82 Å². The minimum atomic E-state index is 0.0532. The van der Waals surface area contributed by atoms with Crippen LogP contribution in [0.4, 0.5) is 0 Å². The summed E-state index contributed by atoms with van der Waals surface area (Å²) in [5, 5.41) is 17.7. The monoisotopic (exact) mass is 244 g/mol. The zero-order chi connectivity index (χ0) is 12.4. The summed E-state index contributed by atoms with van der Waals surface area (Å²) in [7, 11) is 2.07. The summed E-state index contributed by atoms with van der Waals surface area (Å²) < 4.78 is 0. The van der Waals surface area contributed by atoms with Crippen molar-refractivity contribution in [3.05, 3.63) is 41.7 Å². The van der Waals surface area contributed by atoms with Gasteiger partial charge in [-0.15, -0.1) is 10.2 Å². The van der Waals surface area contributed by atoms with E-state index < -0.39 is 0 Å². The van der Waals surface area contributed by atoms with Gasteiger partial charge in [0.25, 0.3) is 0 Å². The van der Waals surface area contributed by atoms with Crippen LogP contribution in [-0.4, -0.2) is 45.2 Å². The maximum absolute atomic E-state index is 4.04. The smallest absolute Gasteiger partial charge is 0.206 e. The van der Waals surface area contributed by atoms with Gasteiger partial charge in [0.15, 0.2) is 0 Å². The fourth-order valence-electron chi connectivity index (χ4n) is 2.44. The molecule has 6 heteroatoms. The lowest BCUT2D eigenvalue weighted by Gasteiger charge is -2.14. The van der Waals surface area contributed by atoms with Gasteiger partial charge in [0, 0.05) is 12.6 Å². The quantitative estimate of drug-likeness (QED) is 0.815. The maximum atomic E-state index is 4.04. The summed E-state index contributed by atoms with van der Waals surface area (Å²) >= 11 is 0. The first kappa shape index (κ1) is 11.3. The van der Waals surface area contributed by atoms with Crippen LogP contribution in [0.5, 0.6) is 0 Å². The van der Waals surface area contributed by atoms with Gasteiger partial charge < -0.3 is 0 Å². The molecule has 2 unspecified atom stereocenters. The Morgan fingerprint density at radius 2 is 2.17 bits per heavy atom. The number of tetrazole rings is 1. The van der Waals surface area contributed by atoms with Gasteiger partial charge in [-0.3, -0.25) is 10.2 Å². The molecule has 0 bridgehead atoms. The fourth-order valence-corrected chi connectivity index (χ4v) is 2.44. The molecule has 0 spiro atoms. The molecule has 2 atom stereocenters. The summed E-state index contributed by atoms with van der Waals surface area (Å²) in [5.41, 5.74) is 1.34. The standard InChI is InChI=1S/C12H16N6/c1-18-8-10(7-9-5-3-2-4-6-9)13-12(18)11-14-16-17-15-11/h2-6,10,12-13H,7-8H2,1H3,(H,14,15,16,17). The lowest BCUT2D eigenvalue weighted by Crippen LogP contribution is -2.29. The van der Waals surface area contributed by atoms with E-state index in [0.29, 0.717) is 11.9 Å². The maximum Gasteiger partial charge on any atom is 0.206 e. The number of nitrogens with one attached hydrogen (secondary N) is 2. The molecule has 2 heterocycles. The second kappa shape index (κ2) is 4.83. The molecule has 1 aromatic carbocycles. The van der Waals surface area contributed by atoms with Gasteiger partial charge >= 0.3 is 0 Å². The summed E-state index contributed by atoms with van der Waals surface area (Å²) in [6.45, 7) is 0.980. The highest BCUT2D eigenvalue weighted by molar-refractivity contribution is 5.16. The Hall–Kier alpha value is -1.79. The molecule has 0 radical (unpaired) electrons. The van der Waals surface area contributed by atoms with Gasteiger partial charge in [-0.1, -0.05) is 35.5 Å². The minimum absolute atomic E-state index is 0.0532. The van der Waals surface area contributed by atoms with Gasteiger partial charge in [0.05, 0.1) is 0 Å². The molecular formula is C12H16N6. The number of hydrogen-bond acceptors (Lipinski definition) is 5. The number of likely N-dealkylation sites (N-methyl/N-ethyl adjacent to an activating group) is 1. The second-order valence-corrected chi connectivity index (χ2v) is 4.67. The Bertz CT molecular complexity index is 483. The summed E-state index contributed by atoms with van der Waals surface area (Å²) in [6.07, 6.45) is 1.07. The number of rotatable bonds is 3. The van der Waals surface area contributed by atoms with Crippen molar-refractivity contribution in [3.63, 3.8) is 0 Å². The van der Waals surface area contributed by atoms with Crippen LogP contribution in [0.15, 0.2) is 30.3 Å². The lowest BCUT2D eigenvalue weighted by atomic mass is 10.1. The number of H-pyrrole nitrogens is 1. The van der Waals surface area contributed by atoms with Crippen molar-refractivity contribution in [2.45, 2.75) is 18.6 Å². The Labute approximate surface area is 105 Å². The molecule has 2 aromatic rings. The largest absolute Gasteiger partial charge is 0.291 e. The average molecular weight is 244 g/mol. The molecule has 0 aliphatic carbocycles. The van der Waals surface area contributed by atoms with Crippen molar-refractivity contribution >= 4 is 0 Å². The molecular weight excluding hydrogens is 228 g/mol. The number of aromatic amines is 1. The topological polar surface area (TPSA) is 69.7 Å². The zero-order valence-electron chi connectivity index (χ0n) is 10.2. The fraction of sp³-hybridized carbons (Fsp3) is 0.417. The van der Waals surface area contributed by atoms with Crippen LogP contribution in [0.1, 0.15) is 17.6 Å². The first-order chi connectivity index (χ1) is 8.83. The van der Waals surface area contributed by atoms with Crippen LogP contribution in [0.3, 0.4) is 0 Å². The zero-order valence-corrected chi connectivity index (χ0v) is 10.2. The molecule has 1 aromatic heterocycles. The van der Waals surface area contributed by atoms with Crippen molar-refractivity contribution in [2.75, 3.05) is 13.6 Å². The van der Waals surface area contributed by atoms with Crippen molar-refractivity contribution in [1.82, 2.24) is 30.8 Å². The number of nitrogens with zero attached hydrogens (tertiary/aromatic N) is 4. The highest BCUT2D eigenvalue weighted by atomic mass is 15.5. The van der Waals surface area contributed by atoms with Crippen LogP contribution in [0.25, 0.3) is 0 Å². The number of aromatic nitrogens is 4. The Balaban J connectivity index is 1.67. The van der Waals surface area contributed by atoms with E-state index in [1.165, 1.54) is 5.56 Å². The van der Waals surface area contributed by atoms with Gasteiger partial charge in [0.1, 0.15) is 6.17 Å². The van der Waals surface area contributed by atoms with Crippen LogP contribution >= 0.6 is 0 Å². The van der Waals surface area contributed by atoms with Crippen LogP contribution < -0.4 is 5.32 Å². The second-order valence-electron chi connectivity index (χ2n) is 4.67. The molecule has 0 saturated carbocycles. The van der Waals surface area contributed by atoms with E-state index in [-0.39, 0.29) is 6.17 Å². The van der Waals surface area contributed by atoms with Crippen molar-refractivity contribution in [3.8, 4) is 0 Å². The third-order valence-corrected chi connectivity index (χ3v) is 3.27. The first-order valence-corrected chi connectivity index (χ1v) is 6.06. The van der Waals surface area contributed by atoms with E-state index in [2.05, 4.69) is 62.2 Å². The van der Waals surface area contributed by atoms with E-state index in [1.807, 2.05) is 6.07 Å². The van der Waals surface area contributed by atoms with Crippen LogP contribution in [0, 0.1) is 0 Å².